The normalized spacial score (nSPS) is 11.4. The second-order valence-electron chi connectivity index (χ2n) is 5.27. The van der Waals surface area contributed by atoms with E-state index in [4.69, 9.17) is 0 Å². The Morgan fingerprint density at radius 1 is 1.30 bits per heavy atom. The summed E-state index contributed by atoms with van der Waals surface area (Å²) in [5, 5.41) is 2.39. The zero-order valence-electron chi connectivity index (χ0n) is 13.1. The Labute approximate surface area is 134 Å². The van der Waals surface area contributed by atoms with E-state index in [2.05, 4.69) is 10.3 Å². The monoisotopic (exact) mass is 338 g/mol. The van der Waals surface area contributed by atoms with Crippen LogP contribution in [0.3, 0.4) is 0 Å². The predicted molar refractivity (Wildman–Crippen MR) is 83.9 cm³/mol. The van der Waals surface area contributed by atoms with Gasteiger partial charge in [0.1, 0.15) is 0 Å². The van der Waals surface area contributed by atoms with Crippen molar-refractivity contribution in [1.82, 2.24) is 19.6 Å². The quantitative estimate of drug-likeness (QED) is 0.823. The van der Waals surface area contributed by atoms with Crippen LogP contribution in [0.1, 0.15) is 16.9 Å². The van der Waals surface area contributed by atoms with E-state index in [0.29, 0.717) is 5.52 Å². The molecule has 2 aromatic heterocycles. The lowest BCUT2D eigenvalue weighted by Gasteiger charge is -2.10. The van der Waals surface area contributed by atoms with Gasteiger partial charge in [-0.15, -0.1) is 0 Å². The van der Waals surface area contributed by atoms with Gasteiger partial charge in [0, 0.05) is 39.5 Å². The minimum absolute atomic E-state index is 0.0170. The van der Waals surface area contributed by atoms with E-state index in [1.165, 1.54) is 15.5 Å². The summed E-state index contributed by atoms with van der Waals surface area (Å²) >= 11 is 0. The van der Waals surface area contributed by atoms with Gasteiger partial charge in [0.25, 0.3) is 5.91 Å². The number of hydrogen-bond donors (Lipinski definition) is 1. The van der Waals surface area contributed by atoms with Gasteiger partial charge in [0.05, 0.1) is 5.52 Å². The number of carbonyl (C=O) groups excluding carboxylic acids is 2. The summed E-state index contributed by atoms with van der Waals surface area (Å²) in [6, 6.07) is 4.96. The average Bonchev–Trinajstić information content (AvgIpc) is 2.86. The largest absolute Gasteiger partial charge is 0.350 e. The van der Waals surface area contributed by atoms with Crippen LogP contribution in [-0.2, 0) is 14.6 Å². The van der Waals surface area contributed by atoms with E-state index in [-0.39, 0.29) is 29.7 Å². The third-order valence-corrected chi connectivity index (χ3v) is 4.14. The Morgan fingerprint density at radius 2 is 2.00 bits per heavy atom. The van der Waals surface area contributed by atoms with Crippen molar-refractivity contribution in [3.63, 3.8) is 0 Å². The minimum Gasteiger partial charge on any atom is -0.350 e. The fraction of sp³-hybridized carbons (Fsp3) is 0.357. The number of imidazole rings is 1. The first-order valence-electron chi connectivity index (χ1n) is 6.87. The fourth-order valence-electron chi connectivity index (χ4n) is 2.03. The van der Waals surface area contributed by atoms with Gasteiger partial charge in [-0.25, -0.2) is 13.4 Å². The molecule has 124 valence electrons. The molecule has 9 heteroatoms. The highest BCUT2D eigenvalue weighted by atomic mass is 32.2. The SMILES string of the molecule is CN(C)C(=O)CCNC(=O)c1nc(S(C)(=O)=O)n2ccccc12. The number of pyridine rings is 1. The molecule has 0 unspecified atom stereocenters. The molecule has 0 radical (unpaired) electrons. The summed E-state index contributed by atoms with van der Waals surface area (Å²) in [5.74, 6) is -0.632. The Balaban J connectivity index is 2.26. The number of amides is 2. The number of hydrogen-bond acceptors (Lipinski definition) is 5. The molecule has 0 bridgehead atoms. The maximum Gasteiger partial charge on any atom is 0.272 e. The van der Waals surface area contributed by atoms with Gasteiger partial charge in [-0.2, -0.15) is 0 Å². The molecule has 0 saturated carbocycles. The fourth-order valence-corrected chi connectivity index (χ4v) is 2.80. The number of carbonyl (C=O) groups is 2. The van der Waals surface area contributed by atoms with Crippen LogP contribution in [0, 0.1) is 0 Å². The molecule has 0 aliphatic rings. The number of rotatable bonds is 5. The Kier molecular flexibility index (Phi) is 4.69. The summed E-state index contributed by atoms with van der Waals surface area (Å²) in [5.41, 5.74) is 0.410. The molecule has 2 amide bonds. The molecule has 23 heavy (non-hydrogen) atoms. The van der Waals surface area contributed by atoms with Crippen LogP contribution in [0.25, 0.3) is 5.52 Å². The molecule has 1 N–H and O–H groups in total. The van der Waals surface area contributed by atoms with Crippen LogP contribution in [0.2, 0.25) is 0 Å². The van der Waals surface area contributed by atoms with Gasteiger partial charge < -0.3 is 10.2 Å². The van der Waals surface area contributed by atoms with Crippen molar-refractivity contribution in [3.8, 4) is 0 Å². The topological polar surface area (TPSA) is 101 Å². The van der Waals surface area contributed by atoms with Crippen LogP contribution in [-0.4, -0.2) is 61.4 Å². The maximum absolute atomic E-state index is 12.2. The van der Waals surface area contributed by atoms with Crippen molar-refractivity contribution in [3.05, 3.63) is 30.1 Å². The molecule has 0 aliphatic heterocycles. The van der Waals surface area contributed by atoms with Crippen molar-refractivity contribution in [2.45, 2.75) is 11.6 Å². The van der Waals surface area contributed by atoms with Gasteiger partial charge in [-0.05, 0) is 12.1 Å². The lowest BCUT2D eigenvalue weighted by atomic mass is 10.3. The first-order valence-corrected chi connectivity index (χ1v) is 8.76. The van der Waals surface area contributed by atoms with Crippen LogP contribution in [0.5, 0.6) is 0 Å². The lowest BCUT2D eigenvalue weighted by Crippen LogP contribution is -2.30. The highest BCUT2D eigenvalue weighted by molar-refractivity contribution is 7.90. The van der Waals surface area contributed by atoms with Crippen LogP contribution < -0.4 is 5.32 Å². The highest BCUT2D eigenvalue weighted by Crippen LogP contribution is 2.16. The number of aromatic nitrogens is 2. The molecule has 2 heterocycles. The number of nitrogens with one attached hydrogen (secondary N) is 1. The molecule has 0 fully saturated rings. The Morgan fingerprint density at radius 3 is 2.61 bits per heavy atom. The average molecular weight is 338 g/mol. The number of sulfone groups is 1. The molecule has 0 atom stereocenters. The zero-order valence-corrected chi connectivity index (χ0v) is 13.9. The third-order valence-electron chi connectivity index (χ3n) is 3.19. The molecule has 0 aliphatic carbocycles. The molecule has 8 nitrogen and oxygen atoms in total. The van der Waals surface area contributed by atoms with E-state index >= 15 is 0 Å². The van der Waals surface area contributed by atoms with E-state index in [9.17, 15) is 18.0 Å². The van der Waals surface area contributed by atoms with Crippen molar-refractivity contribution in [2.75, 3.05) is 26.9 Å². The van der Waals surface area contributed by atoms with Gasteiger partial charge >= 0.3 is 0 Å². The standard InChI is InChI=1S/C14H18N4O4S/c1-17(2)11(19)7-8-15-13(20)12-10-6-4-5-9-18(10)14(16-12)23(3,21)22/h4-6,9H,7-8H2,1-3H3,(H,15,20). The molecule has 0 aromatic carbocycles. The van der Waals surface area contributed by atoms with Crippen LogP contribution in [0.15, 0.2) is 29.6 Å². The smallest absolute Gasteiger partial charge is 0.272 e. The third kappa shape index (κ3) is 3.67. The van der Waals surface area contributed by atoms with Crippen LogP contribution >= 0.6 is 0 Å². The van der Waals surface area contributed by atoms with Gasteiger partial charge in [-0.1, -0.05) is 6.07 Å². The van der Waals surface area contributed by atoms with Crippen LogP contribution in [0.4, 0.5) is 0 Å². The predicted octanol–water partition coefficient (Wildman–Crippen LogP) is -0.0541. The maximum atomic E-state index is 12.2. The van der Waals surface area contributed by atoms with E-state index in [0.717, 1.165) is 6.26 Å². The first-order chi connectivity index (χ1) is 10.7. The summed E-state index contributed by atoms with van der Waals surface area (Å²) < 4.78 is 24.9. The summed E-state index contributed by atoms with van der Waals surface area (Å²) in [4.78, 5) is 29.1. The second kappa shape index (κ2) is 6.37. The van der Waals surface area contributed by atoms with Crippen molar-refractivity contribution < 1.29 is 18.0 Å². The van der Waals surface area contributed by atoms with Crippen molar-refractivity contribution in [2.24, 2.45) is 0 Å². The van der Waals surface area contributed by atoms with E-state index in [1.807, 2.05) is 0 Å². The summed E-state index contributed by atoms with van der Waals surface area (Å²) in [7, 11) is -0.315. The van der Waals surface area contributed by atoms with Crippen molar-refractivity contribution >= 4 is 27.2 Å². The Bertz CT molecular complexity index is 855. The van der Waals surface area contributed by atoms with Gasteiger partial charge in [0.15, 0.2) is 5.69 Å². The molecule has 2 aromatic rings. The first kappa shape index (κ1) is 16.9. The molecule has 0 spiro atoms. The molecular formula is C14H18N4O4S. The highest BCUT2D eigenvalue weighted by Gasteiger charge is 2.22. The summed E-state index contributed by atoms with van der Waals surface area (Å²) in [6.45, 7) is 0.149. The van der Waals surface area contributed by atoms with E-state index < -0.39 is 15.7 Å². The van der Waals surface area contributed by atoms with Crippen molar-refractivity contribution in [1.29, 1.82) is 0 Å². The van der Waals surface area contributed by atoms with Gasteiger partial charge in [0.2, 0.25) is 20.9 Å². The number of nitrogens with zero attached hydrogens (tertiary/aromatic N) is 3. The second-order valence-corrected chi connectivity index (χ2v) is 7.17. The number of fused-ring (bicyclic) bond motifs is 1. The van der Waals surface area contributed by atoms with Gasteiger partial charge in [-0.3, -0.25) is 14.0 Å². The lowest BCUT2D eigenvalue weighted by molar-refractivity contribution is -0.128. The Hall–Kier alpha value is -2.42. The molecule has 2 rings (SSSR count). The minimum atomic E-state index is -3.58. The van der Waals surface area contributed by atoms with E-state index in [1.54, 1.807) is 32.3 Å². The molecule has 0 saturated heterocycles. The summed E-state index contributed by atoms with van der Waals surface area (Å²) in [6.07, 6.45) is 2.72. The molecular weight excluding hydrogens is 320 g/mol. The zero-order chi connectivity index (χ0) is 17.2.